The van der Waals surface area contributed by atoms with Crippen molar-refractivity contribution < 1.29 is 8.83 Å². The van der Waals surface area contributed by atoms with Crippen molar-refractivity contribution in [1.29, 1.82) is 0 Å². The predicted octanol–water partition coefficient (Wildman–Crippen LogP) is 3.63. The summed E-state index contributed by atoms with van der Waals surface area (Å²) in [4.78, 5) is 4.29. The van der Waals surface area contributed by atoms with Crippen LogP contribution in [0.25, 0.3) is 22.5 Å². The minimum Gasteiger partial charge on any atom is -0.453 e. The molecule has 0 amide bonds. The average molecular weight is 270 g/mol. The van der Waals surface area contributed by atoms with E-state index < -0.39 is 0 Å². The molecule has 0 saturated carbocycles. The molecule has 0 atom stereocenters. The van der Waals surface area contributed by atoms with E-state index >= 15 is 0 Å². The van der Waals surface area contributed by atoms with Gasteiger partial charge in [-0.25, -0.2) is 4.98 Å². The molecule has 4 heteroatoms. The molecule has 2 aromatic heterocycles. The van der Waals surface area contributed by atoms with Crippen molar-refractivity contribution in [3.63, 3.8) is 0 Å². The number of benzene rings is 1. The van der Waals surface area contributed by atoms with Gasteiger partial charge in [0.2, 0.25) is 0 Å². The molecule has 0 fully saturated rings. The van der Waals surface area contributed by atoms with Crippen LogP contribution in [-0.4, -0.2) is 17.6 Å². The molecule has 0 aliphatic heterocycles. The molecule has 0 unspecified atom stereocenters. The monoisotopic (exact) mass is 270 g/mol. The summed E-state index contributed by atoms with van der Waals surface area (Å²) in [6.45, 7) is 5.10. The lowest BCUT2D eigenvalue weighted by Gasteiger charge is -2.05. The first-order valence-corrected chi connectivity index (χ1v) is 6.89. The standard InChI is InChI=1S/C16H18N2O2/c1-11(2)17-8-7-16-18-10-15(20-16)14-9-12-5-3-4-6-13(12)19-14/h3-6,9-11,17H,7-8H2,1-2H3. The smallest absolute Gasteiger partial charge is 0.196 e. The van der Waals surface area contributed by atoms with Crippen LogP contribution in [0.1, 0.15) is 19.7 Å². The molecule has 104 valence electrons. The summed E-state index contributed by atoms with van der Waals surface area (Å²) in [6.07, 6.45) is 2.50. The van der Waals surface area contributed by atoms with Crippen LogP contribution >= 0.6 is 0 Å². The van der Waals surface area contributed by atoms with Gasteiger partial charge < -0.3 is 14.2 Å². The van der Waals surface area contributed by atoms with Crippen LogP contribution in [-0.2, 0) is 6.42 Å². The van der Waals surface area contributed by atoms with Gasteiger partial charge in [0.25, 0.3) is 0 Å². The van der Waals surface area contributed by atoms with Crippen LogP contribution in [0.5, 0.6) is 0 Å². The zero-order chi connectivity index (χ0) is 13.9. The van der Waals surface area contributed by atoms with E-state index in [-0.39, 0.29) is 0 Å². The maximum Gasteiger partial charge on any atom is 0.196 e. The fourth-order valence-electron chi connectivity index (χ4n) is 2.11. The highest BCUT2D eigenvalue weighted by Gasteiger charge is 2.11. The molecule has 1 N–H and O–H groups in total. The van der Waals surface area contributed by atoms with Gasteiger partial charge in [-0.2, -0.15) is 0 Å². The van der Waals surface area contributed by atoms with Crippen LogP contribution in [0, 0.1) is 0 Å². The Bertz CT molecular complexity index is 664. The van der Waals surface area contributed by atoms with Gasteiger partial charge in [-0.05, 0) is 12.1 Å². The van der Waals surface area contributed by atoms with Gasteiger partial charge in [0, 0.05) is 24.4 Å². The number of para-hydroxylation sites is 1. The molecule has 0 saturated heterocycles. The quantitative estimate of drug-likeness (QED) is 0.769. The third-order valence-electron chi connectivity index (χ3n) is 3.11. The molecule has 0 spiro atoms. The van der Waals surface area contributed by atoms with Crippen LogP contribution in [0.2, 0.25) is 0 Å². The van der Waals surface area contributed by atoms with Crippen molar-refractivity contribution >= 4 is 11.0 Å². The summed E-state index contributed by atoms with van der Waals surface area (Å²) in [5.41, 5.74) is 0.863. The molecule has 1 aromatic carbocycles. The number of furan rings is 1. The lowest BCUT2D eigenvalue weighted by molar-refractivity contribution is 0.472. The van der Waals surface area contributed by atoms with Gasteiger partial charge in [-0.1, -0.05) is 32.0 Å². The number of nitrogens with zero attached hydrogens (tertiary/aromatic N) is 1. The molecule has 0 aliphatic rings. The molecule has 3 rings (SSSR count). The summed E-state index contributed by atoms with van der Waals surface area (Å²) < 4.78 is 11.5. The van der Waals surface area contributed by atoms with Crippen LogP contribution < -0.4 is 5.32 Å². The Hall–Kier alpha value is -2.07. The second-order valence-corrected chi connectivity index (χ2v) is 5.13. The predicted molar refractivity (Wildman–Crippen MR) is 78.6 cm³/mol. The minimum absolute atomic E-state index is 0.472. The van der Waals surface area contributed by atoms with Crippen molar-refractivity contribution in [2.45, 2.75) is 26.3 Å². The Balaban J connectivity index is 1.75. The fraction of sp³-hybridized carbons (Fsp3) is 0.312. The molecule has 4 nitrogen and oxygen atoms in total. The zero-order valence-corrected chi connectivity index (χ0v) is 11.7. The lowest BCUT2D eigenvalue weighted by atomic mass is 10.2. The maximum absolute atomic E-state index is 5.76. The molecule has 3 aromatic rings. The third-order valence-corrected chi connectivity index (χ3v) is 3.11. The normalized spacial score (nSPS) is 11.6. The van der Waals surface area contributed by atoms with E-state index in [1.165, 1.54) is 0 Å². The van der Waals surface area contributed by atoms with E-state index in [2.05, 4.69) is 24.1 Å². The maximum atomic E-state index is 5.76. The van der Waals surface area contributed by atoms with E-state index in [9.17, 15) is 0 Å². The van der Waals surface area contributed by atoms with Crippen LogP contribution in [0.15, 0.2) is 45.4 Å². The highest BCUT2D eigenvalue weighted by Crippen LogP contribution is 2.28. The van der Waals surface area contributed by atoms with Gasteiger partial charge in [-0.15, -0.1) is 0 Å². The highest BCUT2D eigenvalue weighted by molar-refractivity contribution is 5.81. The first kappa shape index (κ1) is 12.9. The van der Waals surface area contributed by atoms with Crippen molar-refractivity contribution in [2.24, 2.45) is 0 Å². The first-order chi connectivity index (χ1) is 9.72. The largest absolute Gasteiger partial charge is 0.453 e. The molecular weight excluding hydrogens is 252 g/mol. The third kappa shape index (κ3) is 2.75. The lowest BCUT2D eigenvalue weighted by Crippen LogP contribution is -2.24. The fourth-order valence-corrected chi connectivity index (χ4v) is 2.11. The molecule has 0 bridgehead atoms. The van der Waals surface area contributed by atoms with E-state index in [0.29, 0.717) is 11.8 Å². The van der Waals surface area contributed by atoms with E-state index in [0.717, 1.165) is 35.6 Å². The number of hydrogen-bond donors (Lipinski definition) is 1. The van der Waals surface area contributed by atoms with Crippen LogP contribution in [0.4, 0.5) is 0 Å². The Morgan fingerprint density at radius 3 is 2.80 bits per heavy atom. The Labute approximate surface area is 117 Å². The van der Waals surface area contributed by atoms with Crippen molar-refractivity contribution in [3.05, 3.63) is 42.4 Å². The Kier molecular flexibility index (Phi) is 3.56. The topological polar surface area (TPSA) is 51.2 Å². The Morgan fingerprint density at radius 1 is 1.15 bits per heavy atom. The molecule has 0 radical (unpaired) electrons. The Morgan fingerprint density at radius 2 is 2.00 bits per heavy atom. The summed E-state index contributed by atoms with van der Waals surface area (Å²) in [5.74, 6) is 2.14. The second-order valence-electron chi connectivity index (χ2n) is 5.13. The number of oxazole rings is 1. The summed E-state index contributed by atoms with van der Waals surface area (Å²) >= 11 is 0. The zero-order valence-electron chi connectivity index (χ0n) is 11.7. The van der Waals surface area contributed by atoms with Gasteiger partial charge >= 0.3 is 0 Å². The minimum atomic E-state index is 0.472. The molecule has 0 aliphatic carbocycles. The van der Waals surface area contributed by atoms with Gasteiger partial charge in [-0.3, -0.25) is 0 Å². The van der Waals surface area contributed by atoms with Crippen LogP contribution in [0.3, 0.4) is 0 Å². The van der Waals surface area contributed by atoms with E-state index in [1.807, 2.05) is 30.3 Å². The van der Waals surface area contributed by atoms with E-state index in [1.54, 1.807) is 6.20 Å². The van der Waals surface area contributed by atoms with Gasteiger partial charge in [0.05, 0.1) is 6.20 Å². The SMILES string of the molecule is CC(C)NCCc1ncc(-c2cc3ccccc3o2)o1. The van der Waals surface area contributed by atoms with Crippen molar-refractivity contribution in [3.8, 4) is 11.5 Å². The molecular formula is C16H18N2O2. The highest BCUT2D eigenvalue weighted by atomic mass is 16.4. The summed E-state index contributed by atoms with van der Waals surface area (Å²) in [6, 6.07) is 10.4. The number of rotatable bonds is 5. The summed E-state index contributed by atoms with van der Waals surface area (Å²) in [5, 5.41) is 4.41. The first-order valence-electron chi connectivity index (χ1n) is 6.89. The number of nitrogens with one attached hydrogen (secondary N) is 1. The van der Waals surface area contributed by atoms with Gasteiger partial charge in [0.15, 0.2) is 17.4 Å². The molecule has 20 heavy (non-hydrogen) atoms. The number of fused-ring (bicyclic) bond motifs is 1. The average Bonchev–Trinajstić information content (AvgIpc) is 3.03. The number of aromatic nitrogens is 1. The molecule has 2 heterocycles. The second kappa shape index (κ2) is 5.51. The van der Waals surface area contributed by atoms with Gasteiger partial charge in [0.1, 0.15) is 5.58 Å². The summed E-state index contributed by atoms with van der Waals surface area (Å²) in [7, 11) is 0. The van der Waals surface area contributed by atoms with Crippen molar-refractivity contribution in [2.75, 3.05) is 6.54 Å². The number of hydrogen-bond acceptors (Lipinski definition) is 4. The van der Waals surface area contributed by atoms with Crippen molar-refractivity contribution in [1.82, 2.24) is 10.3 Å². The van der Waals surface area contributed by atoms with E-state index in [4.69, 9.17) is 8.83 Å².